The molecule has 1 atom stereocenters. The van der Waals surface area contributed by atoms with Gasteiger partial charge in [-0.3, -0.25) is 4.79 Å². The van der Waals surface area contributed by atoms with E-state index in [0.29, 0.717) is 5.69 Å². The van der Waals surface area contributed by atoms with Gasteiger partial charge in [-0.1, -0.05) is 30.3 Å². The lowest BCUT2D eigenvalue weighted by atomic mass is 9.88. The van der Waals surface area contributed by atoms with Crippen molar-refractivity contribution in [1.82, 2.24) is 5.32 Å². The van der Waals surface area contributed by atoms with E-state index in [-0.39, 0.29) is 24.3 Å². The normalized spacial score (nSPS) is 16.5. The number of rotatable bonds is 4. The molecule has 1 aliphatic rings. The van der Waals surface area contributed by atoms with Gasteiger partial charge in [0.2, 0.25) is 5.91 Å². The SMILES string of the molecule is Cc1ccc(NCC(=O)NC2CCCc3ccccc32)c(F)c1. The number of carbonyl (C=O) groups excluding carboxylic acids is 1. The number of anilines is 1. The summed E-state index contributed by atoms with van der Waals surface area (Å²) in [4.78, 5) is 12.2. The summed E-state index contributed by atoms with van der Waals surface area (Å²) < 4.78 is 13.8. The average Bonchev–Trinajstić information content (AvgIpc) is 2.54. The standard InChI is InChI=1S/C19H21FN2O/c1-13-9-10-18(16(20)11-13)21-12-19(23)22-17-8-4-6-14-5-2-3-7-15(14)17/h2-3,5,7,9-11,17,21H,4,6,8,12H2,1H3,(H,22,23). The molecule has 120 valence electrons. The maximum atomic E-state index is 13.8. The van der Waals surface area contributed by atoms with Crippen molar-refractivity contribution in [3.05, 3.63) is 65.0 Å². The molecule has 1 unspecified atom stereocenters. The van der Waals surface area contributed by atoms with Crippen molar-refractivity contribution >= 4 is 11.6 Å². The zero-order valence-electron chi connectivity index (χ0n) is 13.2. The Morgan fingerprint density at radius 2 is 2.09 bits per heavy atom. The first-order chi connectivity index (χ1) is 11.1. The second-order valence-corrected chi connectivity index (χ2v) is 6.05. The van der Waals surface area contributed by atoms with Crippen LogP contribution in [0.2, 0.25) is 0 Å². The second kappa shape index (κ2) is 6.82. The fourth-order valence-electron chi connectivity index (χ4n) is 3.09. The highest BCUT2D eigenvalue weighted by atomic mass is 19.1. The molecule has 4 heteroatoms. The fourth-order valence-corrected chi connectivity index (χ4v) is 3.09. The lowest BCUT2D eigenvalue weighted by Crippen LogP contribution is -2.35. The van der Waals surface area contributed by atoms with E-state index in [9.17, 15) is 9.18 Å². The highest BCUT2D eigenvalue weighted by molar-refractivity contribution is 5.81. The van der Waals surface area contributed by atoms with E-state index in [0.717, 1.165) is 24.8 Å². The fraction of sp³-hybridized carbons (Fsp3) is 0.316. The third-order valence-corrected chi connectivity index (χ3v) is 4.27. The van der Waals surface area contributed by atoms with Gasteiger partial charge in [0.25, 0.3) is 0 Å². The highest BCUT2D eigenvalue weighted by Gasteiger charge is 2.21. The summed E-state index contributed by atoms with van der Waals surface area (Å²) in [6.45, 7) is 1.90. The molecule has 0 bridgehead atoms. The minimum absolute atomic E-state index is 0.0529. The van der Waals surface area contributed by atoms with Crippen LogP contribution in [-0.4, -0.2) is 12.5 Å². The Labute approximate surface area is 135 Å². The zero-order valence-corrected chi connectivity index (χ0v) is 13.2. The van der Waals surface area contributed by atoms with Crippen LogP contribution in [0.4, 0.5) is 10.1 Å². The van der Waals surface area contributed by atoms with Gasteiger partial charge in [0.1, 0.15) is 5.82 Å². The van der Waals surface area contributed by atoms with Crippen LogP contribution >= 0.6 is 0 Å². The van der Waals surface area contributed by atoms with Crippen molar-refractivity contribution in [3.8, 4) is 0 Å². The van der Waals surface area contributed by atoms with E-state index in [1.54, 1.807) is 6.07 Å². The number of aryl methyl sites for hydroxylation is 2. The number of fused-ring (bicyclic) bond motifs is 1. The van der Waals surface area contributed by atoms with Crippen LogP contribution in [0.3, 0.4) is 0 Å². The number of carbonyl (C=O) groups is 1. The van der Waals surface area contributed by atoms with Gasteiger partial charge in [0.05, 0.1) is 18.3 Å². The summed E-state index contributed by atoms with van der Waals surface area (Å²) in [5.74, 6) is -0.451. The first-order valence-corrected chi connectivity index (χ1v) is 8.00. The molecule has 0 saturated carbocycles. The van der Waals surface area contributed by atoms with E-state index in [1.165, 1.54) is 17.2 Å². The van der Waals surface area contributed by atoms with E-state index in [2.05, 4.69) is 22.8 Å². The monoisotopic (exact) mass is 312 g/mol. The number of benzene rings is 2. The summed E-state index contributed by atoms with van der Waals surface area (Å²) in [5, 5.41) is 5.92. The molecule has 1 amide bonds. The predicted octanol–water partition coefficient (Wildman–Crippen LogP) is 3.74. The van der Waals surface area contributed by atoms with E-state index in [4.69, 9.17) is 0 Å². The van der Waals surface area contributed by atoms with Crippen LogP contribution in [-0.2, 0) is 11.2 Å². The molecule has 3 rings (SSSR count). The Kier molecular flexibility index (Phi) is 4.60. The Morgan fingerprint density at radius 3 is 2.91 bits per heavy atom. The molecule has 0 spiro atoms. The third-order valence-electron chi connectivity index (χ3n) is 4.27. The molecule has 0 radical (unpaired) electrons. The maximum Gasteiger partial charge on any atom is 0.239 e. The topological polar surface area (TPSA) is 41.1 Å². The smallest absolute Gasteiger partial charge is 0.239 e. The Bertz CT molecular complexity index is 714. The molecule has 3 nitrogen and oxygen atoms in total. The van der Waals surface area contributed by atoms with Crippen molar-refractivity contribution in [2.24, 2.45) is 0 Å². The Morgan fingerprint density at radius 1 is 1.26 bits per heavy atom. The quantitative estimate of drug-likeness (QED) is 0.903. The molecular formula is C19H21FN2O. The van der Waals surface area contributed by atoms with Crippen molar-refractivity contribution in [3.63, 3.8) is 0 Å². The van der Waals surface area contributed by atoms with Crippen LogP contribution in [0.5, 0.6) is 0 Å². The molecule has 0 aromatic heterocycles. The Hall–Kier alpha value is -2.36. The average molecular weight is 312 g/mol. The highest BCUT2D eigenvalue weighted by Crippen LogP contribution is 2.29. The maximum absolute atomic E-state index is 13.8. The summed E-state index contributed by atoms with van der Waals surface area (Å²) in [6, 6.07) is 13.2. The molecule has 2 aromatic carbocycles. The second-order valence-electron chi connectivity index (χ2n) is 6.05. The number of amides is 1. The van der Waals surface area contributed by atoms with Crippen LogP contribution in [0.15, 0.2) is 42.5 Å². The molecular weight excluding hydrogens is 291 g/mol. The van der Waals surface area contributed by atoms with Crippen molar-refractivity contribution in [1.29, 1.82) is 0 Å². The molecule has 0 heterocycles. The number of hydrogen-bond acceptors (Lipinski definition) is 2. The molecule has 2 N–H and O–H groups in total. The van der Waals surface area contributed by atoms with Gasteiger partial charge < -0.3 is 10.6 Å². The largest absolute Gasteiger partial charge is 0.374 e. The van der Waals surface area contributed by atoms with Gasteiger partial charge >= 0.3 is 0 Å². The van der Waals surface area contributed by atoms with Gasteiger partial charge in [-0.2, -0.15) is 0 Å². The summed E-state index contributed by atoms with van der Waals surface area (Å²) in [5.41, 5.74) is 3.72. The minimum Gasteiger partial charge on any atom is -0.374 e. The van der Waals surface area contributed by atoms with Gasteiger partial charge in [-0.05, 0) is 55.0 Å². The number of hydrogen-bond donors (Lipinski definition) is 2. The van der Waals surface area contributed by atoms with Gasteiger partial charge in [-0.25, -0.2) is 4.39 Å². The van der Waals surface area contributed by atoms with E-state index < -0.39 is 0 Å². The van der Waals surface area contributed by atoms with Crippen LogP contribution in [0.25, 0.3) is 0 Å². The van der Waals surface area contributed by atoms with Gasteiger partial charge in [0, 0.05) is 0 Å². The molecule has 0 aliphatic heterocycles. The van der Waals surface area contributed by atoms with Crippen LogP contribution in [0, 0.1) is 12.7 Å². The number of nitrogens with one attached hydrogen (secondary N) is 2. The zero-order chi connectivity index (χ0) is 16.2. The lowest BCUT2D eigenvalue weighted by Gasteiger charge is -2.26. The van der Waals surface area contributed by atoms with Crippen LogP contribution in [0.1, 0.15) is 35.6 Å². The van der Waals surface area contributed by atoms with Gasteiger partial charge in [-0.15, -0.1) is 0 Å². The Balaban J connectivity index is 1.60. The first kappa shape index (κ1) is 15.5. The van der Waals surface area contributed by atoms with Crippen molar-refractivity contribution < 1.29 is 9.18 Å². The summed E-state index contributed by atoms with van der Waals surface area (Å²) >= 11 is 0. The first-order valence-electron chi connectivity index (χ1n) is 8.00. The summed E-state index contributed by atoms with van der Waals surface area (Å²) in [7, 11) is 0. The van der Waals surface area contributed by atoms with E-state index >= 15 is 0 Å². The molecule has 23 heavy (non-hydrogen) atoms. The molecule has 0 fully saturated rings. The molecule has 1 aliphatic carbocycles. The lowest BCUT2D eigenvalue weighted by molar-refractivity contribution is -0.120. The van der Waals surface area contributed by atoms with Crippen LogP contribution < -0.4 is 10.6 Å². The number of halogens is 1. The third kappa shape index (κ3) is 3.70. The predicted molar refractivity (Wildman–Crippen MR) is 89.9 cm³/mol. The minimum atomic E-state index is -0.333. The van der Waals surface area contributed by atoms with Crippen molar-refractivity contribution in [2.75, 3.05) is 11.9 Å². The summed E-state index contributed by atoms with van der Waals surface area (Å²) in [6.07, 6.45) is 3.08. The molecule has 2 aromatic rings. The van der Waals surface area contributed by atoms with Crippen molar-refractivity contribution in [2.45, 2.75) is 32.2 Å². The van der Waals surface area contributed by atoms with E-state index in [1.807, 2.05) is 25.1 Å². The molecule has 0 saturated heterocycles. The van der Waals surface area contributed by atoms with Gasteiger partial charge in [0.15, 0.2) is 0 Å².